The zero-order valence-corrected chi connectivity index (χ0v) is 14.6. The molecule has 1 aromatic carbocycles. The van der Waals surface area contributed by atoms with Crippen LogP contribution in [-0.2, 0) is 17.1 Å². The highest BCUT2D eigenvalue weighted by Gasteiger charge is 2.39. The first kappa shape index (κ1) is 20.5. The molecule has 2 rings (SSSR count). The molecule has 0 spiro atoms. The molecule has 0 atom stereocenters. The Morgan fingerprint density at radius 2 is 1.46 bits per heavy atom. The molecular weight excluding hydrogens is 362 g/mol. The van der Waals surface area contributed by atoms with Crippen LogP contribution in [0.15, 0.2) is 18.2 Å². The van der Waals surface area contributed by atoms with Crippen molar-refractivity contribution in [2.45, 2.75) is 32.1 Å². The van der Waals surface area contributed by atoms with Gasteiger partial charge in [0.15, 0.2) is 0 Å². The number of carbonyl (C=O) groups is 1. The molecule has 1 saturated carbocycles. The predicted molar refractivity (Wildman–Crippen MR) is 84.7 cm³/mol. The maximum Gasteiger partial charge on any atom is 0.416 e. The SMILES string of the molecule is CN(CC(=O)N(C)c1cc(C(F)(F)F)cc(C(F)(F)F)c1)CC1(C)CC1. The van der Waals surface area contributed by atoms with Crippen LogP contribution in [0, 0.1) is 5.41 Å². The first-order chi connectivity index (χ1) is 11.7. The van der Waals surface area contributed by atoms with Gasteiger partial charge in [0.2, 0.25) is 5.91 Å². The molecule has 1 aliphatic carbocycles. The second-order valence-electron chi connectivity index (χ2n) is 7.20. The number of alkyl halides is 6. The molecule has 0 aromatic heterocycles. The number of carbonyl (C=O) groups excluding carboxylic acids is 1. The van der Waals surface area contributed by atoms with Crippen LogP contribution in [0.4, 0.5) is 32.0 Å². The van der Waals surface area contributed by atoms with E-state index in [9.17, 15) is 31.1 Å². The molecule has 0 radical (unpaired) electrons. The lowest BCUT2D eigenvalue weighted by Gasteiger charge is -2.25. The molecule has 0 unspecified atom stereocenters. The van der Waals surface area contributed by atoms with Crippen LogP contribution in [0.5, 0.6) is 0 Å². The average Bonchev–Trinajstić information content (AvgIpc) is 3.20. The number of hydrogen-bond donors (Lipinski definition) is 0. The molecule has 1 amide bonds. The monoisotopic (exact) mass is 382 g/mol. The molecule has 0 saturated heterocycles. The molecule has 1 aliphatic rings. The molecule has 26 heavy (non-hydrogen) atoms. The zero-order chi connectivity index (χ0) is 19.9. The third kappa shape index (κ3) is 5.12. The van der Waals surface area contributed by atoms with Crippen LogP contribution >= 0.6 is 0 Å². The number of halogens is 6. The Bertz CT molecular complexity index is 647. The minimum Gasteiger partial charge on any atom is -0.314 e. The highest BCUT2D eigenvalue weighted by Crippen LogP contribution is 2.45. The number of likely N-dealkylation sites (N-methyl/N-ethyl adjacent to an activating group) is 2. The molecule has 0 bridgehead atoms. The number of nitrogens with zero attached hydrogens (tertiary/aromatic N) is 2. The Morgan fingerprint density at radius 1 is 1.00 bits per heavy atom. The summed E-state index contributed by atoms with van der Waals surface area (Å²) in [4.78, 5) is 14.9. The standard InChI is InChI=1S/C17H20F6N2O/c1-15(4-5-15)10-24(2)9-14(26)25(3)13-7-11(16(18,19)20)6-12(8-13)17(21,22)23/h6-8H,4-5,9-10H2,1-3H3. The van der Waals surface area contributed by atoms with Gasteiger partial charge in [-0.1, -0.05) is 6.92 Å². The molecular formula is C17H20F6N2O. The first-order valence-electron chi connectivity index (χ1n) is 7.96. The van der Waals surface area contributed by atoms with E-state index < -0.39 is 35.1 Å². The van der Waals surface area contributed by atoms with Gasteiger partial charge in [-0.25, -0.2) is 0 Å². The van der Waals surface area contributed by atoms with Crippen molar-refractivity contribution in [2.24, 2.45) is 5.41 Å². The summed E-state index contributed by atoms with van der Waals surface area (Å²) in [5, 5.41) is 0. The minimum atomic E-state index is -4.95. The maximum absolute atomic E-state index is 12.9. The van der Waals surface area contributed by atoms with Crippen molar-refractivity contribution < 1.29 is 31.1 Å². The van der Waals surface area contributed by atoms with Gasteiger partial charge in [-0.2, -0.15) is 26.3 Å². The summed E-state index contributed by atoms with van der Waals surface area (Å²) in [5.74, 6) is -0.579. The first-order valence-corrected chi connectivity index (χ1v) is 7.96. The van der Waals surface area contributed by atoms with E-state index in [1.54, 1.807) is 11.9 Å². The number of hydrogen-bond acceptors (Lipinski definition) is 2. The molecule has 0 aliphatic heterocycles. The van der Waals surface area contributed by atoms with Crippen molar-refractivity contribution in [3.05, 3.63) is 29.3 Å². The Hall–Kier alpha value is -1.77. The number of benzene rings is 1. The van der Waals surface area contributed by atoms with Gasteiger partial charge in [0.1, 0.15) is 0 Å². The van der Waals surface area contributed by atoms with Crippen molar-refractivity contribution in [1.82, 2.24) is 4.90 Å². The number of rotatable bonds is 5. The molecule has 1 aromatic rings. The zero-order valence-electron chi connectivity index (χ0n) is 14.6. The number of amides is 1. The van der Waals surface area contributed by atoms with Gasteiger partial charge in [0.05, 0.1) is 17.7 Å². The lowest BCUT2D eigenvalue weighted by Crippen LogP contribution is -2.38. The molecule has 0 heterocycles. The molecule has 3 nitrogen and oxygen atoms in total. The maximum atomic E-state index is 12.9. The quantitative estimate of drug-likeness (QED) is 0.704. The fraction of sp³-hybridized carbons (Fsp3) is 0.588. The Morgan fingerprint density at radius 3 is 1.85 bits per heavy atom. The smallest absolute Gasteiger partial charge is 0.314 e. The van der Waals surface area contributed by atoms with Crippen molar-refractivity contribution in [3.63, 3.8) is 0 Å². The summed E-state index contributed by atoms with van der Waals surface area (Å²) in [7, 11) is 2.87. The summed E-state index contributed by atoms with van der Waals surface area (Å²) in [5.41, 5.74) is -3.20. The van der Waals surface area contributed by atoms with Crippen LogP contribution < -0.4 is 4.90 Å². The van der Waals surface area contributed by atoms with E-state index in [4.69, 9.17) is 0 Å². The second kappa shape index (κ2) is 6.75. The van der Waals surface area contributed by atoms with Gasteiger partial charge in [-0.15, -0.1) is 0 Å². The van der Waals surface area contributed by atoms with Crippen molar-refractivity contribution >= 4 is 11.6 Å². The summed E-state index contributed by atoms with van der Waals surface area (Å²) < 4.78 is 77.5. The van der Waals surface area contributed by atoms with E-state index in [0.29, 0.717) is 18.7 Å². The van der Waals surface area contributed by atoms with Gasteiger partial charge >= 0.3 is 12.4 Å². The molecule has 146 valence electrons. The van der Waals surface area contributed by atoms with Crippen LogP contribution in [0.25, 0.3) is 0 Å². The number of anilines is 1. The van der Waals surface area contributed by atoms with E-state index in [0.717, 1.165) is 17.7 Å². The summed E-state index contributed by atoms with van der Waals surface area (Å²) in [6.45, 7) is 2.60. The Kier molecular flexibility index (Phi) is 5.34. The predicted octanol–water partition coefficient (Wildman–Crippen LogP) is 4.42. The van der Waals surface area contributed by atoms with Crippen molar-refractivity contribution in [1.29, 1.82) is 0 Å². The van der Waals surface area contributed by atoms with Crippen LogP contribution in [0.1, 0.15) is 30.9 Å². The van der Waals surface area contributed by atoms with Gasteiger partial charge in [0, 0.05) is 19.3 Å². The Balaban J connectivity index is 2.23. The topological polar surface area (TPSA) is 23.6 Å². The summed E-state index contributed by atoms with van der Waals surface area (Å²) >= 11 is 0. The van der Waals surface area contributed by atoms with E-state index in [-0.39, 0.29) is 18.0 Å². The fourth-order valence-electron chi connectivity index (χ4n) is 2.69. The third-order valence-electron chi connectivity index (χ3n) is 4.49. The highest BCUT2D eigenvalue weighted by molar-refractivity contribution is 5.94. The molecule has 0 N–H and O–H groups in total. The Labute approximate surface area is 147 Å². The van der Waals surface area contributed by atoms with Crippen LogP contribution in [0.2, 0.25) is 0 Å². The fourth-order valence-corrected chi connectivity index (χ4v) is 2.69. The van der Waals surface area contributed by atoms with E-state index in [2.05, 4.69) is 6.92 Å². The lowest BCUT2D eigenvalue weighted by atomic mass is 10.1. The van der Waals surface area contributed by atoms with Gasteiger partial charge in [-0.05, 0) is 43.5 Å². The van der Waals surface area contributed by atoms with Crippen molar-refractivity contribution in [3.8, 4) is 0 Å². The lowest BCUT2D eigenvalue weighted by molar-refractivity contribution is -0.143. The summed E-state index contributed by atoms with van der Waals surface area (Å²) in [6, 6.07) is 1.15. The van der Waals surface area contributed by atoms with E-state index >= 15 is 0 Å². The highest BCUT2D eigenvalue weighted by atomic mass is 19.4. The van der Waals surface area contributed by atoms with Crippen molar-refractivity contribution in [2.75, 3.05) is 32.1 Å². The van der Waals surface area contributed by atoms with Gasteiger partial charge in [0.25, 0.3) is 0 Å². The normalized spacial score (nSPS) is 16.7. The second-order valence-corrected chi connectivity index (χ2v) is 7.20. The molecule has 1 fully saturated rings. The summed E-state index contributed by atoms with van der Waals surface area (Å²) in [6.07, 6.45) is -7.83. The van der Waals surface area contributed by atoms with Gasteiger partial charge in [-0.3, -0.25) is 9.69 Å². The largest absolute Gasteiger partial charge is 0.416 e. The third-order valence-corrected chi connectivity index (χ3v) is 4.49. The molecule has 9 heteroatoms. The van der Waals surface area contributed by atoms with E-state index in [1.165, 1.54) is 7.05 Å². The van der Waals surface area contributed by atoms with E-state index in [1.807, 2.05) is 0 Å². The average molecular weight is 382 g/mol. The van der Waals surface area contributed by atoms with Gasteiger partial charge < -0.3 is 4.90 Å². The minimum absolute atomic E-state index is 0.0435. The van der Waals surface area contributed by atoms with Crippen LogP contribution in [0.3, 0.4) is 0 Å². The van der Waals surface area contributed by atoms with Crippen LogP contribution in [-0.4, -0.2) is 38.0 Å².